The molecule has 0 spiro atoms. The van der Waals surface area contributed by atoms with Gasteiger partial charge in [0.1, 0.15) is 0 Å². The van der Waals surface area contributed by atoms with Crippen LogP contribution in [0, 0.1) is 0 Å². The third kappa shape index (κ3) is 5.45. The summed E-state index contributed by atoms with van der Waals surface area (Å²) in [7, 11) is -3.41. The average Bonchev–Trinajstić information content (AvgIpc) is 2.69. The van der Waals surface area contributed by atoms with Crippen LogP contribution in [0.1, 0.15) is 40.9 Å². The van der Waals surface area contributed by atoms with Gasteiger partial charge in [-0.25, -0.2) is 8.42 Å². The van der Waals surface area contributed by atoms with Crippen molar-refractivity contribution in [2.45, 2.75) is 33.2 Å². The second kappa shape index (κ2) is 9.55. The average molecular weight is 401 g/mol. The van der Waals surface area contributed by atoms with Crippen molar-refractivity contribution in [3.05, 3.63) is 77.4 Å². The van der Waals surface area contributed by atoms with Gasteiger partial charge in [0.25, 0.3) is 5.91 Å². The van der Waals surface area contributed by atoms with E-state index in [1.165, 1.54) is 21.5 Å². The fourth-order valence-electron chi connectivity index (χ4n) is 3.01. The Balaban J connectivity index is 2.12. The summed E-state index contributed by atoms with van der Waals surface area (Å²) in [6.45, 7) is 8.44. The Morgan fingerprint density at radius 1 is 1.07 bits per heavy atom. The number of anilines is 1. The molecule has 0 atom stereocenters. The summed E-state index contributed by atoms with van der Waals surface area (Å²) in [4.78, 5) is 12.5. The van der Waals surface area contributed by atoms with Gasteiger partial charge in [-0.1, -0.05) is 38.1 Å². The molecule has 6 heteroatoms. The minimum Gasteiger partial charge on any atom is -0.348 e. The van der Waals surface area contributed by atoms with E-state index < -0.39 is 10.0 Å². The Morgan fingerprint density at radius 3 is 2.29 bits per heavy atom. The molecule has 150 valence electrons. The van der Waals surface area contributed by atoms with Crippen molar-refractivity contribution in [3.63, 3.8) is 0 Å². The first-order valence-electron chi connectivity index (χ1n) is 9.37. The van der Waals surface area contributed by atoms with E-state index in [4.69, 9.17) is 0 Å². The standard InChI is InChI=1S/C22H28N2O3S/c1-5-14-24(28(4,26)27)21-12-10-19(11-13-21)22(25)23-16-20-15-17(6-2)8-9-18(20)7-3/h5,8-13,15H,1,6-7,14,16H2,2-4H3,(H,23,25). The fraction of sp³-hybridized carbons (Fsp3) is 0.318. The first-order valence-corrected chi connectivity index (χ1v) is 11.2. The molecule has 0 saturated heterocycles. The molecule has 1 amide bonds. The molecule has 5 nitrogen and oxygen atoms in total. The number of hydrogen-bond donors (Lipinski definition) is 1. The largest absolute Gasteiger partial charge is 0.348 e. The van der Waals surface area contributed by atoms with Crippen molar-refractivity contribution in [2.24, 2.45) is 0 Å². The number of benzene rings is 2. The van der Waals surface area contributed by atoms with E-state index in [1.54, 1.807) is 24.3 Å². The molecule has 0 unspecified atom stereocenters. The smallest absolute Gasteiger partial charge is 0.251 e. The zero-order chi connectivity index (χ0) is 20.7. The molecule has 28 heavy (non-hydrogen) atoms. The van der Waals surface area contributed by atoms with E-state index in [0.717, 1.165) is 24.7 Å². The van der Waals surface area contributed by atoms with Crippen molar-refractivity contribution in [2.75, 3.05) is 17.1 Å². The Morgan fingerprint density at radius 2 is 1.75 bits per heavy atom. The Kier molecular flexibility index (Phi) is 7.40. The van der Waals surface area contributed by atoms with Gasteiger partial charge < -0.3 is 5.32 Å². The number of amides is 1. The molecule has 1 N–H and O–H groups in total. The highest BCUT2D eigenvalue weighted by molar-refractivity contribution is 7.92. The molecule has 2 rings (SSSR count). The van der Waals surface area contributed by atoms with Crippen LogP contribution in [-0.4, -0.2) is 27.1 Å². The van der Waals surface area contributed by atoms with Crippen LogP contribution in [0.4, 0.5) is 5.69 Å². The number of nitrogens with zero attached hydrogens (tertiary/aromatic N) is 1. The lowest BCUT2D eigenvalue weighted by Gasteiger charge is -2.20. The minimum atomic E-state index is -3.41. The predicted molar refractivity (Wildman–Crippen MR) is 115 cm³/mol. The lowest BCUT2D eigenvalue weighted by Crippen LogP contribution is -2.30. The number of carbonyl (C=O) groups excluding carboxylic acids is 1. The van der Waals surface area contributed by atoms with E-state index in [0.29, 0.717) is 17.8 Å². The molecule has 0 saturated carbocycles. The van der Waals surface area contributed by atoms with E-state index in [-0.39, 0.29) is 12.5 Å². The lowest BCUT2D eigenvalue weighted by atomic mass is 10.0. The summed E-state index contributed by atoms with van der Waals surface area (Å²) in [6.07, 6.45) is 4.53. The molecule has 0 aliphatic carbocycles. The first-order chi connectivity index (χ1) is 13.3. The second-order valence-electron chi connectivity index (χ2n) is 6.62. The molecular formula is C22H28N2O3S. The highest BCUT2D eigenvalue weighted by Gasteiger charge is 2.16. The summed E-state index contributed by atoms with van der Waals surface area (Å²) in [6, 6.07) is 12.9. The van der Waals surface area contributed by atoms with Crippen LogP contribution in [0.5, 0.6) is 0 Å². The van der Waals surface area contributed by atoms with Crippen LogP contribution < -0.4 is 9.62 Å². The van der Waals surface area contributed by atoms with Crippen molar-refractivity contribution >= 4 is 21.6 Å². The number of rotatable bonds is 9. The highest BCUT2D eigenvalue weighted by atomic mass is 32.2. The van der Waals surface area contributed by atoms with E-state index in [2.05, 4.69) is 43.9 Å². The lowest BCUT2D eigenvalue weighted by molar-refractivity contribution is 0.0951. The number of nitrogens with one attached hydrogen (secondary N) is 1. The minimum absolute atomic E-state index is 0.179. The van der Waals surface area contributed by atoms with Crippen LogP contribution >= 0.6 is 0 Å². The number of aryl methyl sites for hydroxylation is 2. The second-order valence-corrected chi connectivity index (χ2v) is 8.53. The van der Waals surface area contributed by atoms with Gasteiger partial charge in [0.15, 0.2) is 0 Å². The monoisotopic (exact) mass is 400 g/mol. The maximum absolute atomic E-state index is 12.5. The number of sulfonamides is 1. The molecule has 0 aromatic heterocycles. The van der Waals surface area contributed by atoms with Gasteiger partial charge in [0, 0.05) is 12.1 Å². The third-order valence-corrected chi connectivity index (χ3v) is 5.77. The van der Waals surface area contributed by atoms with Crippen molar-refractivity contribution in [3.8, 4) is 0 Å². The van der Waals surface area contributed by atoms with Crippen LogP contribution in [0.3, 0.4) is 0 Å². The molecule has 0 fully saturated rings. The SMILES string of the molecule is C=CCN(c1ccc(C(=O)NCc2cc(CC)ccc2CC)cc1)S(C)(=O)=O. The molecular weight excluding hydrogens is 372 g/mol. The third-order valence-electron chi connectivity index (χ3n) is 4.61. The Hall–Kier alpha value is -2.60. The first kappa shape index (κ1) is 21.7. The number of hydrogen-bond acceptors (Lipinski definition) is 3. The van der Waals surface area contributed by atoms with Gasteiger partial charge in [0.05, 0.1) is 18.5 Å². The predicted octanol–water partition coefficient (Wildman–Crippen LogP) is 3.69. The zero-order valence-electron chi connectivity index (χ0n) is 16.7. The van der Waals surface area contributed by atoms with Gasteiger partial charge in [-0.2, -0.15) is 0 Å². The quantitative estimate of drug-likeness (QED) is 0.653. The Bertz CT molecular complexity index is 935. The van der Waals surface area contributed by atoms with Crippen molar-refractivity contribution in [1.82, 2.24) is 5.32 Å². The number of carbonyl (C=O) groups is 1. The highest BCUT2D eigenvalue weighted by Crippen LogP contribution is 2.19. The molecule has 0 aliphatic rings. The van der Waals surface area contributed by atoms with Gasteiger partial charge in [-0.15, -0.1) is 6.58 Å². The molecule has 2 aromatic rings. The summed E-state index contributed by atoms with van der Waals surface area (Å²) >= 11 is 0. The summed E-state index contributed by atoms with van der Waals surface area (Å²) in [5.41, 5.74) is 4.58. The summed E-state index contributed by atoms with van der Waals surface area (Å²) < 4.78 is 25.1. The van der Waals surface area contributed by atoms with Gasteiger partial charge in [-0.05, 0) is 53.8 Å². The summed E-state index contributed by atoms with van der Waals surface area (Å²) in [5, 5.41) is 2.96. The molecule has 0 bridgehead atoms. The molecule has 0 aliphatic heterocycles. The van der Waals surface area contributed by atoms with Crippen LogP contribution in [0.15, 0.2) is 55.1 Å². The van der Waals surface area contributed by atoms with Gasteiger partial charge in [0.2, 0.25) is 10.0 Å². The van der Waals surface area contributed by atoms with Crippen molar-refractivity contribution in [1.29, 1.82) is 0 Å². The van der Waals surface area contributed by atoms with Crippen molar-refractivity contribution < 1.29 is 13.2 Å². The van der Waals surface area contributed by atoms with E-state index >= 15 is 0 Å². The molecule has 2 aromatic carbocycles. The summed E-state index contributed by atoms with van der Waals surface area (Å²) in [5.74, 6) is -0.190. The molecule has 0 radical (unpaired) electrons. The fourth-order valence-corrected chi connectivity index (χ4v) is 3.90. The van der Waals surface area contributed by atoms with Crippen LogP contribution in [0.25, 0.3) is 0 Å². The molecule has 0 heterocycles. The maximum atomic E-state index is 12.5. The zero-order valence-corrected chi connectivity index (χ0v) is 17.6. The van der Waals surface area contributed by atoms with Gasteiger partial charge in [-0.3, -0.25) is 9.10 Å². The Labute approximate surface area is 168 Å². The maximum Gasteiger partial charge on any atom is 0.251 e. The van der Waals surface area contributed by atoms with Crippen LogP contribution in [0.2, 0.25) is 0 Å². The van der Waals surface area contributed by atoms with E-state index in [1.807, 2.05) is 0 Å². The topological polar surface area (TPSA) is 66.5 Å². The normalized spacial score (nSPS) is 11.1. The van der Waals surface area contributed by atoms with E-state index in [9.17, 15) is 13.2 Å². The van der Waals surface area contributed by atoms with Gasteiger partial charge >= 0.3 is 0 Å². The van der Waals surface area contributed by atoms with Crippen LogP contribution in [-0.2, 0) is 29.4 Å².